The molecule has 1 atom stereocenters. The van der Waals surface area contributed by atoms with Crippen molar-refractivity contribution in [3.63, 3.8) is 0 Å². The highest BCUT2D eigenvalue weighted by molar-refractivity contribution is 7.89. The maximum atomic E-state index is 12.9. The van der Waals surface area contributed by atoms with Gasteiger partial charge in [0.2, 0.25) is 15.9 Å². The van der Waals surface area contributed by atoms with Crippen molar-refractivity contribution in [2.45, 2.75) is 31.1 Å². The van der Waals surface area contributed by atoms with Crippen LogP contribution in [0.4, 0.5) is 0 Å². The number of aromatic amines is 1. The van der Waals surface area contributed by atoms with E-state index in [2.05, 4.69) is 19.8 Å². The van der Waals surface area contributed by atoms with Crippen LogP contribution in [0.2, 0.25) is 0 Å². The Kier molecular flexibility index (Phi) is 6.21. The maximum Gasteiger partial charge on any atom is 0.240 e. The molecule has 1 saturated heterocycles. The van der Waals surface area contributed by atoms with E-state index in [9.17, 15) is 13.2 Å². The highest BCUT2D eigenvalue weighted by atomic mass is 32.2. The third-order valence-corrected chi connectivity index (χ3v) is 7.58. The van der Waals surface area contributed by atoms with Crippen molar-refractivity contribution in [2.24, 2.45) is 5.92 Å². The molecule has 1 fully saturated rings. The summed E-state index contributed by atoms with van der Waals surface area (Å²) in [6, 6.07) is 6.84. The van der Waals surface area contributed by atoms with Gasteiger partial charge in [-0.2, -0.15) is 5.10 Å². The number of aromatic nitrogens is 2. The first-order chi connectivity index (χ1) is 14.4. The predicted molar refractivity (Wildman–Crippen MR) is 113 cm³/mol. The summed E-state index contributed by atoms with van der Waals surface area (Å²) < 4.78 is 27.4. The number of benzene rings is 1. The van der Waals surface area contributed by atoms with Crippen molar-refractivity contribution in [3.05, 3.63) is 47.3 Å². The lowest BCUT2D eigenvalue weighted by molar-refractivity contribution is -0.137. The number of nitrogens with one attached hydrogen (secondary N) is 2. The van der Waals surface area contributed by atoms with Crippen molar-refractivity contribution in [2.75, 3.05) is 39.3 Å². The molecule has 0 radical (unpaired) electrons. The number of carbonyl (C=O) groups is 1. The van der Waals surface area contributed by atoms with Crippen molar-refractivity contribution in [1.29, 1.82) is 0 Å². The van der Waals surface area contributed by atoms with Crippen LogP contribution in [0.15, 0.2) is 35.4 Å². The molecule has 0 spiro atoms. The van der Waals surface area contributed by atoms with Gasteiger partial charge in [0.25, 0.3) is 0 Å². The number of hydrogen-bond donors (Lipinski definition) is 2. The average molecular weight is 432 g/mol. The highest BCUT2D eigenvalue weighted by Crippen LogP contribution is 2.25. The molecular formula is C21H29N5O3S. The van der Waals surface area contributed by atoms with Gasteiger partial charge >= 0.3 is 0 Å². The summed E-state index contributed by atoms with van der Waals surface area (Å²) in [6.45, 7) is 5.84. The summed E-state index contributed by atoms with van der Waals surface area (Å²) in [4.78, 5) is 17.4. The third-order valence-electron chi connectivity index (χ3n) is 6.10. The standard InChI is InChI=1S/C21H29N5O3S/c1-16-2-5-19(6-3-16)30(28,29)23-8-9-25-10-12-26(13-11-25)21(27)17-4-7-20-18(14-17)15-22-24-20/h2-3,5-6,15,17,23H,4,7-14H2,1H3,(H,22,24). The minimum atomic E-state index is -3.49. The molecule has 162 valence electrons. The fraction of sp³-hybridized carbons (Fsp3) is 0.524. The zero-order chi connectivity index (χ0) is 21.1. The maximum absolute atomic E-state index is 12.9. The monoisotopic (exact) mass is 431 g/mol. The molecule has 2 aromatic rings. The summed E-state index contributed by atoms with van der Waals surface area (Å²) in [5.41, 5.74) is 3.36. The Balaban J connectivity index is 1.21. The van der Waals surface area contributed by atoms with Gasteiger partial charge in [-0.1, -0.05) is 17.7 Å². The molecule has 9 heteroatoms. The first kappa shape index (κ1) is 21.0. The SMILES string of the molecule is Cc1ccc(S(=O)(=O)NCCN2CCN(C(=O)C3CCc4[nH]ncc4C3)CC2)cc1. The Bertz CT molecular complexity index is 978. The predicted octanol–water partition coefficient (Wildman–Crippen LogP) is 0.946. The molecular weight excluding hydrogens is 402 g/mol. The van der Waals surface area contributed by atoms with E-state index in [4.69, 9.17) is 0 Å². The average Bonchev–Trinajstić information content (AvgIpc) is 3.22. The van der Waals surface area contributed by atoms with Crippen LogP contribution in [0.25, 0.3) is 0 Å². The fourth-order valence-electron chi connectivity index (χ4n) is 4.22. The molecule has 0 saturated carbocycles. The van der Waals surface area contributed by atoms with Gasteiger partial charge in [0.15, 0.2) is 0 Å². The number of rotatable bonds is 6. The summed E-state index contributed by atoms with van der Waals surface area (Å²) in [5.74, 6) is 0.282. The lowest BCUT2D eigenvalue weighted by Crippen LogP contribution is -2.52. The first-order valence-corrected chi connectivity index (χ1v) is 12.0. The van der Waals surface area contributed by atoms with Gasteiger partial charge in [0.05, 0.1) is 11.1 Å². The van der Waals surface area contributed by atoms with Crippen LogP contribution in [0.3, 0.4) is 0 Å². The number of sulfonamides is 1. The van der Waals surface area contributed by atoms with Gasteiger partial charge in [-0.15, -0.1) is 0 Å². The van der Waals surface area contributed by atoms with Crippen molar-refractivity contribution in [3.8, 4) is 0 Å². The number of piperazine rings is 1. The second-order valence-corrected chi connectivity index (χ2v) is 9.96. The fourth-order valence-corrected chi connectivity index (χ4v) is 5.24. The molecule has 1 aromatic carbocycles. The Morgan fingerprint density at radius 2 is 1.93 bits per heavy atom. The second-order valence-electron chi connectivity index (χ2n) is 8.19. The molecule has 2 heterocycles. The molecule has 4 rings (SSSR count). The molecule has 1 aliphatic carbocycles. The summed E-state index contributed by atoms with van der Waals surface area (Å²) in [7, 11) is -3.49. The Labute approximate surface area is 177 Å². The number of carbonyl (C=O) groups excluding carboxylic acids is 1. The number of fused-ring (bicyclic) bond motifs is 1. The quantitative estimate of drug-likeness (QED) is 0.710. The smallest absolute Gasteiger partial charge is 0.240 e. The molecule has 1 aromatic heterocycles. The Morgan fingerprint density at radius 1 is 1.20 bits per heavy atom. The van der Waals surface area contributed by atoms with Crippen molar-refractivity contribution >= 4 is 15.9 Å². The Morgan fingerprint density at radius 3 is 2.67 bits per heavy atom. The summed E-state index contributed by atoms with van der Waals surface area (Å²) in [6.07, 6.45) is 4.36. The number of amides is 1. The van der Waals surface area contributed by atoms with E-state index in [0.29, 0.717) is 26.2 Å². The zero-order valence-corrected chi connectivity index (χ0v) is 18.1. The number of nitrogens with zero attached hydrogens (tertiary/aromatic N) is 3. The highest BCUT2D eigenvalue weighted by Gasteiger charge is 2.31. The van der Waals surface area contributed by atoms with E-state index in [-0.39, 0.29) is 16.7 Å². The van der Waals surface area contributed by atoms with Crippen LogP contribution in [0.5, 0.6) is 0 Å². The second kappa shape index (κ2) is 8.87. The first-order valence-electron chi connectivity index (χ1n) is 10.5. The van der Waals surface area contributed by atoms with Crippen molar-refractivity contribution < 1.29 is 13.2 Å². The summed E-state index contributed by atoms with van der Waals surface area (Å²) >= 11 is 0. The van der Waals surface area contributed by atoms with Crippen LogP contribution in [0.1, 0.15) is 23.2 Å². The van der Waals surface area contributed by atoms with E-state index in [1.807, 2.05) is 18.0 Å². The molecule has 2 N–H and O–H groups in total. The van der Waals surface area contributed by atoms with E-state index in [1.54, 1.807) is 24.3 Å². The van der Waals surface area contributed by atoms with Crippen LogP contribution in [0, 0.1) is 12.8 Å². The molecule has 1 aliphatic heterocycles. The van der Waals surface area contributed by atoms with Crippen LogP contribution in [-0.4, -0.2) is 73.6 Å². The third kappa shape index (κ3) is 4.74. The molecule has 1 unspecified atom stereocenters. The minimum absolute atomic E-state index is 0.0444. The van der Waals surface area contributed by atoms with E-state index in [0.717, 1.165) is 43.6 Å². The van der Waals surface area contributed by atoms with E-state index in [1.165, 1.54) is 5.56 Å². The number of hydrogen-bond acceptors (Lipinski definition) is 5. The topological polar surface area (TPSA) is 98.4 Å². The van der Waals surface area contributed by atoms with E-state index < -0.39 is 10.0 Å². The number of H-pyrrole nitrogens is 1. The largest absolute Gasteiger partial charge is 0.340 e. The molecule has 1 amide bonds. The van der Waals surface area contributed by atoms with Gasteiger partial charge in [-0.3, -0.25) is 14.8 Å². The minimum Gasteiger partial charge on any atom is -0.340 e. The number of aryl methyl sites for hydroxylation is 2. The normalized spacial score (nSPS) is 20.2. The van der Waals surface area contributed by atoms with E-state index >= 15 is 0 Å². The Hall–Kier alpha value is -2.23. The zero-order valence-electron chi connectivity index (χ0n) is 17.3. The van der Waals surface area contributed by atoms with Gasteiger partial charge < -0.3 is 4.90 Å². The molecule has 0 bridgehead atoms. The van der Waals surface area contributed by atoms with Gasteiger partial charge in [-0.25, -0.2) is 13.1 Å². The van der Waals surface area contributed by atoms with Gasteiger partial charge in [0, 0.05) is 50.9 Å². The van der Waals surface area contributed by atoms with Gasteiger partial charge in [-0.05, 0) is 43.9 Å². The summed E-state index contributed by atoms with van der Waals surface area (Å²) in [5, 5.41) is 7.10. The molecule has 8 nitrogen and oxygen atoms in total. The van der Waals surface area contributed by atoms with Gasteiger partial charge in [0.1, 0.15) is 0 Å². The van der Waals surface area contributed by atoms with Crippen LogP contribution < -0.4 is 4.72 Å². The lowest BCUT2D eigenvalue weighted by Gasteiger charge is -2.37. The molecule has 2 aliphatic rings. The van der Waals surface area contributed by atoms with Crippen LogP contribution in [-0.2, 0) is 27.7 Å². The van der Waals surface area contributed by atoms with Crippen molar-refractivity contribution in [1.82, 2.24) is 24.7 Å². The lowest BCUT2D eigenvalue weighted by atomic mass is 9.87. The molecule has 30 heavy (non-hydrogen) atoms. The van der Waals surface area contributed by atoms with Crippen LogP contribution >= 0.6 is 0 Å².